The van der Waals surface area contributed by atoms with Crippen LogP contribution in [-0.4, -0.2) is 11.3 Å². The van der Waals surface area contributed by atoms with Gasteiger partial charge >= 0.3 is 6.36 Å². The third kappa shape index (κ3) is 3.86. The number of aromatic nitrogens is 1. The molecule has 2 rings (SSSR count). The molecule has 0 radical (unpaired) electrons. The van der Waals surface area contributed by atoms with Gasteiger partial charge in [-0.25, -0.2) is 4.98 Å². The van der Waals surface area contributed by atoms with Gasteiger partial charge < -0.3 is 4.74 Å². The second-order valence-corrected chi connectivity index (χ2v) is 4.41. The molecule has 108 valence electrons. The average molecular weight is 313 g/mol. The lowest BCUT2D eigenvalue weighted by molar-refractivity contribution is -0.274. The zero-order valence-electron chi connectivity index (χ0n) is 10.5. The second kappa shape index (κ2) is 6.02. The quantitative estimate of drug-likeness (QED) is 0.791. The minimum atomic E-state index is -4.79. The van der Waals surface area contributed by atoms with E-state index in [2.05, 4.69) is 9.72 Å². The summed E-state index contributed by atoms with van der Waals surface area (Å²) in [6.45, 7) is 0. The third-order valence-electron chi connectivity index (χ3n) is 2.60. The SMILES string of the molecule is N#CCc1cc(-c2ccccc2OC(F)(F)F)cnc1Cl. The molecule has 0 saturated carbocycles. The largest absolute Gasteiger partial charge is 0.573 e. The van der Waals surface area contributed by atoms with Gasteiger partial charge in [-0.2, -0.15) is 5.26 Å². The van der Waals surface area contributed by atoms with Crippen molar-refractivity contribution in [3.05, 3.63) is 47.2 Å². The Morgan fingerprint density at radius 1 is 1.29 bits per heavy atom. The van der Waals surface area contributed by atoms with Gasteiger partial charge in [0.25, 0.3) is 0 Å². The average Bonchev–Trinajstić information content (AvgIpc) is 2.40. The molecule has 1 heterocycles. The Balaban J connectivity index is 2.47. The summed E-state index contributed by atoms with van der Waals surface area (Å²) in [5, 5.41) is 8.85. The summed E-state index contributed by atoms with van der Waals surface area (Å²) >= 11 is 5.84. The zero-order chi connectivity index (χ0) is 15.5. The number of nitrogens with zero attached hydrogens (tertiary/aromatic N) is 2. The van der Waals surface area contributed by atoms with Crippen LogP contribution >= 0.6 is 11.6 Å². The summed E-state index contributed by atoms with van der Waals surface area (Å²) in [6.07, 6.45) is -3.44. The van der Waals surface area contributed by atoms with Crippen LogP contribution in [0.15, 0.2) is 36.5 Å². The van der Waals surface area contributed by atoms with Crippen LogP contribution in [0.5, 0.6) is 5.75 Å². The first-order valence-electron chi connectivity index (χ1n) is 5.77. The number of para-hydroxylation sites is 1. The Labute approximate surface area is 123 Å². The molecule has 0 aliphatic heterocycles. The third-order valence-corrected chi connectivity index (χ3v) is 2.95. The fourth-order valence-electron chi connectivity index (χ4n) is 1.77. The van der Waals surface area contributed by atoms with Gasteiger partial charge in [-0.05, 0) is 12.1 Å². The molecule has 0 aliphatic carbocycles. The summed E-state index contributed by atoms with van der Waals surface area (Å²) in [7, 11) is 0. The molecule has 0 spiro atoms. The Morgan fingerprint density at radius 3 is 2.67 bits per heavy atom. The molecular weight excluding hydrogens is 305 g/mol. The molecule has 0 saturated heterocycles. The van der Waals surface area contributed by atoms with E-state index in [0.29, 0.717) is 11.1 Å². The molecule has 0 fully saturated rings. The maximum absolute atomic E-state index is 12.4. The van der Waals surface area contributed by atoms with E-state index in [9.17, 15) is 13.2 Å². The minimum absolute atomic E-state index is 0.0158. The van der Waals surface area contributed by atoms with Crippen LogP contribution in [0.3, 0.4) is 0 Å². The number of hydrogen-bond acceptors (Lipinski definition) is 3. The van der Waals surface area contributed by atoms with E-state index in [1.165, 1.54) is 30.5 Å². The van der Waals surface area contributed by atoms with Crippen molar-refractivity contribution >= 4 is 11.6 Å². The van der Waals surface area contributed by atoms with Crippen molar-refractivity contribution in [3.63, 3.8) is 0 Å². The van der Waals surface area contributed by atoms with Crippen LogP contribution in [-0.2, 0) is 6.42 Å². The lowest BCUT2D eigenvalue weighted by atomic mass is 10.0. The predicted octanol–water partition coefficient (Wildman–Crippen LogP) is 4.37. The van der Waals surface area contributed by atoms with Crippen molar-refractivity contribution in [2.75, 3.05) is 0 Å². The molecule has 7 heteroatoms. The van der Waals surface area contributed by atoms with E-state index >= 15 is 0 Å². The fourth-order valence-corrected chi connectivity index (χ4v) is 1.94. The van der Waals surface area contributed by atoms with E-state index in [1.54, 1.807) is 6.07 Å². The highest BCUT2D eigenvalue weighted by molar-refractivity contribution is 6.30. The molecule has 0 N–H and O–H groups in total. The summed E-state index contributed by atoms with van der Waals surface area (Å²) < 4.78 is 41.2. The van der Waals surface area contributed by atoms with Gasteiger partial charge in [-0.3, -0.25) is 0 Å². The van der Waals surface area contributed by atoms with Crippen molar-refractivity contribution < 1.29 is 17.9 Å². The molecule has 1 aromatic carbocycles. The number of ether oxygens (including phenoxy) is 1. The van der Waals surface area contributed by atoms with Gasteiger partial charge in [0.05, 0.1) is 12.5 Å². The monoisotopic (exact) mass is 312 g/mol. The molecular formula is C14H8ClF3N2O. The molecule has 0 bridgehead atoms. The Morgan fingerprint density at radius 2 is 2.00 bits per heavy atom. The minimum Gasteiger partial charge on any atom is -0.405 e. The van der Waals surface area contributed by atoms with Crippen LogP contribution in [0.2, 0.25) is 5.15 Å². The van der Waals surface area contributed by atoms with Crippen molar-refractivity contribution in [1.29, 1.82) is 5.26 Å². The molecule has 0 unspecified atom stereocenters. The molecule has 1 aromatic heterocycles. The van der Waals surface area contributed by atoms with Gasteiger partial charge in [0.2, 0.25) is 0 Å². The summed E-state index contributed by atoms with van der Waals surface area (Å²) in [5.41, 5.74) is 1.06. The zero-order valence-corrected chi connectivity index (χ0v) is 11.2. The van der Waals surface area contributed by atoms with Crippen LogP contribution in [0.25, 0.3) is 11.1 Å². The molecule has 3 nitrogen and oxygen atoms in total. The van der Waals surface area contributed by atoms with E-state index in [1.807, 2.05) is 6.07 Å². The van der Waals surface area contributed by atoms with Crippen LogP contribution in [0.1, 0.15) is 5.56 Å². The Kier molecular flexibility index (Phi) is 4.34. The first-order chi connectivity index (χ1) is 9.90. The standard InChI is InChI=1S/C14H8ClF3N2O/c15-13-9(5-6-19)7-10(8-20-13)11-3-1-2-4-12(11)21-14(16,17)18/h1-4,7-8H,5H2. The first-order valence-corrected chi connectivity index (χ1v) is 6.15. The van der Waals surface area contributed by atoms with Crippen molar-refractivity contribution in [3.8, 4) is 22.9 Å². The number of rotatable bonds is 3. The van der Waals surface area contributed by atoms with Crippen molar-refractivity contribution in [2.24, 2.45) is 0 Å². The Bertz CT molecular complexity index is 695. The van der Waals surface area contributed by atoms with Crippen LogP contribution in [0, 0.1) is 11.3 Å². The Hall–Kier alpha value is -2.26. The predicted molar refractivity (Wildman–Crippen MR) is 70.7 cm³/mol. The topological polar surface area (TPSA) is 45.9 Å². The van der Waals surface area contributed by atoms with E-state index in [4.69, 9.17) is 16.9 Å². The highest BCUT2D eigenvalue weighted by Crippen LogP contribution is 2.34. The highest BCUT2D eigenvalue weighted by Gasteiger charge is 2.32. The van der Waals surface area contributed by atoms with Crippen LogP contribution < -0.4 is 4.74 Å². The number of alkyl halides is 3. The number of hydrogen-bond donors (Lipinski definition) is 0. The van der Waals surface area contributed by atoms with Crippen molar-refractivity contribution in [1.82, 2.24) is 4.98 Å². The molecule has 2 aromatic rings. The lowest BCUT2D eigenvalue weighted by Gasteiger charge is -2.13. The van der Waals surface area contributed by atoms with Gasteiger partial charge in [0, 0.05) is 22.9 Å². The number of pyridine rings is 1. The van der Waals surface area contributed by atoms with Gasteiger partial charge in [0.15, 0.2) is 0 Å². The van der Waals surface area contributed by atoms with Gasteiger partial charge in [-0.1, -0.05) is 29.8 Å². The van der Waals surface area contributed by atoms with E-state index in [0.717, 1.165) is 0 Å². The number of nitriles is 1. The number of benzene rings is 1. The normalized spacial score (nSPS) is 11.0. The van der Waals surface area contributed by atoms with E-state index < -0.39 is 6.36 Å². The van der Waals surface area contributed by atoms with Gasteiger partial charge in [-0.15, -0.1) is 13.2 Å². The summed E-state index contributed by atoms with van der Waals surface area (Å²) in [4.78, 5) is 3.89. The summed E-state index contributed by atoms with van der Waals surface area (Å²) in [6, 6.07) is 9.14. The van der Waals surface area contributed by atoms with Crippen molar-refractivity contribution in [2.45, 2.75) is 12.8 Å². The maximum Gasteiger partial charge on any atom is 0.573 e. The van der Waals surface area contributed by atoms with Gasteiger partial charge in [0.1, 0.15) is 10.9 Å². The molecule has 0 aliphatic rings. The smallest absolute Gasteiger partial charge is 0.405 e. The maximum atomic E-state index is 12.4. The molecule has 0 atom stereocenters. The summed E-state index contributed by atoms with van der Waals surface area (Å²) in [5.74, 6) is -0.336. The first kappa shape index (κ1) is 15.1. The van der Waals surface area contributed by atoms with E-state index in [-0.39, 0.29) is 22.9 Å². The highest BCUT2D eigenvalue weighted by atomic mass is 35.5. The molecule has 0 amide bonds. The fraction of sp³-hybridized carbons (Fsp3) is 0.143. The van der Waals surface area contributed by atoms with Crippen LogP contribution in [0.4, 0.5) is 13.2 Å². The lowest BCUT2D eigenvalue weighted by Crippen LogP contribution is -2.17. The number of halogens is 4. The second-order valence-electron chi connectivity index (χ2n) is 4.05. The molecule has 21 heavy (non-hydrogen) atoms.